The third kappa shape index (κ3) is 5.23. The van der Waals surface area contributed by atoms with E-state index in [1.54, 1.807) is 18.3 Å². The number of rotatable bonds is 3. The van der Waals surface area contributed by atoms with Gasteiger partial charge in [0, 0.05) is 34.3 Å². The molecule has 0 atom stereocenters. The number of nitro groups is 1. The average Bonchev–Trinajstić information content (AvgIpc) is 2.48. The number of aromatic nitrogens is 2. The summed E-state index contributed by atoms with van der Waals surface area (Å²) in [4.78, 5) is 21.1. The second kappa shape index (κ2) is 7.77. The molecule has 2 rings (SSSR count). The van der Waals surface area contributed by atoms with Gasteiger partial charge >= 0.3 is 5.82 Å². The number of pyridine rings is 2. The van der Waals surface area contributed by atoms with Gasteiger partial charge in [-0.15, -0.1) is 0 Å². The molecule has 0 fully saturated rings. The van der Waals surface area contributed by atoms with E-state index in [0.29, 0.717) is 5.82 Å². The fourth-order valence-electron chi connectivity index (χ4n) is 1.41. The predicted molar refractivity (Wildman–Crippen MR) is 88.2 cm³/mol. The van der Waals surface area contributed by atoms with Gasteiger partial charge in [0.1, 0.15) is 5.82 Å². The number of nitrogen functional groups attached to an aromatic ring is 1. The van der Waals surface area contributed by atoms with Crippen LogP contribution in [0.5, 0.6) is 0 Å². The normalized spacial score (nSPS) is 9.45. The first-order valence-corrected chi connectivity index (χ1v) is 6.48. The molecule has 2 aromatic rings. The van der Waals surface area contributed by atoms with Crippen LogP contribution >= 0.6 is 0 Å². The Morgan fingerprint density at radius 1 is 0.955 bits per heavy atom. The molecule has 0 unspecified atom stereocenters. The van der Waals surface area contributed by atoms with E-state index in [0.717, 1.165) is 11.4 Å². The molecule has 0 aliphatic heterocycles. The lowest BCUT2D eigenvalue weighted by Crippen LogP contribution is -2.08. The van der Waals surface area contributed by atoms with Crippen LogP contribution in [-0.2, 0) is 0 Å². The van der Waals surface area contributed by atoms with Crippen molar-refractivity contribution < 1.29 is 4.92 Å². The summed E-state index contributed by atoms with van der Waals surface area (Å²) in [5, 5.41) is 10.2. The molecule has 0 aliphatic rings. The maximum Gasteiger partial charge on any atom is 0.363 e. The van der Waals surface area contributed by atoms with E-state index in [2.05, 4.69) is 9.97 Å². The van der Waals surface area contributed by atoms with Crippen molar-refractivity contribution in [2.24, 2.45) is 0 Å². The average molecular weight is 304 g/mol. The number of nitrogens with zero attached hydrogens (tertiary/aromatic N) is 5. The zero-order valence-electron chi connectivity index (χ0n) is 13.1. The van der Waals surface area contributed by atoms with Gasteiger partial charge in [0.05, 0.1) is 17.6 Å². The summed E-state index contributed by atoms with van der Waals surface area (Å²) in [5.74, 6) is 0.436. The van der Waals surface area contributed by atoms with E-state index < -0.39 is 4.92 Å². The van der Waals surface area contributed by atoms with Gasteiger partial charge in [0.15, 0.2) is 6.20 Å². The van der Waals surface area contributed by atoms with Crippen LogP contribution < -0.4 is 15.5 Å². The molecule has 0 saturated carbocycles. The molecule has 0 bridgehead atoms. The van der Waals surface area contributed by atoms with Crippen molar-refractivity contribution in [3.63, 3.8) is 0 Å². The minimum Gasteiger partial charge on any atom is -0.384 e. The second-order valence-electron chi connectivity index (χ2n) is 4.86. The molecule has 0 aliphatic carbocycles. The van der Waals surface area contributed by atoms with Gasteiger partial charge < -0.3 is 25.6 Å². The molecule has 2 aromatic heterocycles. The third-order valence-corrected chi connectivity index (χ3v) is 2.72. The van der Waals surface area contributed by atoms with E-state index in [-0.39, 0.29) is 5.82 Å². The molecule has 8 heteroatoms. The largest absolute Gasteiger partial charge is 0.384 e. The van der Waals surface area contributed by atoms with Gasteiger partial charge in [0.25, 0.3) is 0 Å². The Bertz CT molecular complexity index is 596. The molecule has 2 heterocycles. The number of nitrogens with two attached hydrogens (primary N) is 1. The van der Waals surface area contributed by atoms with E-state index in [1.807, 2.05) is 44.1 Å². The van der Waals surface area contributed by atoms with Gasteiger partial charge in [-0.05, 0) is 28.1 Å². The molecule has 0 aromatic carbocycles. The van der Waals surface area contributed by atoms with E-state index in [4.69, 9.17) is 5.73 Å². The molecular formula is C14H20N6O2. The molecule has 0 radical (unpaired) electrons. The maximum absolute atomic E-state index is 10.2. The number of hydrogen-bond donors (Lipinski definition) is 1. The Labute approximate surface area is 129 Å². The van der Waals surface area contributed by atoms with Crippen LogP contribution in [0.1, 0.15) is 0 Å². The molecule has 0 spiro atoms. The minimum absolute atomic E-state index is 0.124. The Morgan fingerprint density at radius 2 is 1.45 bits per heavy atom. The molecule has 22 heavy (non-hydrogen) atoms. The molecule has 0 amide bonds. The van der Waals surface area contributed by atoms with Gasteiger partial charge in [0.2, 0.25) is 0 Å². The van der Waals surface area contributed by atoms with Gasteiger partial charge in [-0.3, -0.25) is 0 Å². The highest BCUT2D eigenvalue weighted by molar-refractivity contribution is 5.46. The first kappa shape index (κ1) is 17.2. The zero-order valence-corrected chi connectivity index (χ0v) is 13.1. The first-order chi connectivity index (χ1) is 10.3. The van der Waals surface area contributed by atoms with Crippen LogP contribution in [0.25, 0.3) is 0 Å². The number of anilines is 3. The van der Waals surface area contributed by atoms with Crippen LogP contribution in [0.4, 0.5) is 23.0 Å². The molecular weight excluding hydrogens is 284 g/mol. The smallest absolute Gasteiger partial charge is 0.363 e. The molecule has 0 saturated heterocycles. The van der Waals surface area contributed by atoms with Gasteiger partial charge in [-0.1, -0.05) is 0 Å². The Kier molecular flexibility index (Phi) is 6.06. The van der Waals surface area contributed by atoms with Gasteiger partial charge in [-0.25, -0.2) is 4.98 Å². The van der Waals surface area contributed by atoms with Crippen molar-refractivity contribution in [1.82, 2.24) is 9.97 Å². The zero-order chi connectivity index (χ0) is 16.7. The summed E-state index contributed by atoms with van der Waals surface area (Å²) < 4.78 is 0. The number of hydrogen-bond acceptors (Lipinski definition) is 7. The maximum atomic E-state index is 10.2. The monoisotopic (exact) mass is 304 g/mol. The van der Waals surface area contributed by atoms with Crippen molar-refractivity contribution >= 4 is 23.0 Å². The topological polar surface area (TPSA) is 101 Å². The summed E-state index contributed by atoms with van der Waals surface area (Å²) in [7, 11) is 7.63. The van der Waals surface area contributed by atoms with Crippen molar-refractivity contribution in [2.45, 2.75) is 0 Å². The highest BCUT2D eigenvalue weighted by Gasteiger charge is 2.06. The van der Waals surface area contributed by atoms with E-state index in [1.165, 1.54) is 12.3 Å². The molecule has 118 valence electrons. The summed E-state index contributed by atoms with van der Waals surface area (Å²) >= 11 is 0. The SMILES string of the molecule is CN(C)c1ccc(N)nc1.CN(C)c1ccc([N+](=O)[O-])nc1. The molecule has 2 N–H and O–H groups in total. The van der Waals surface area contributed by atoms with E-state index in [9.17, 15) is 10.1 Å². The highest BCUT2D eigenvalue weighted by atomic mass is 16.6. The summed E-state index contributed by atoms with van der Waals surface area (Å²) in [6.45, 7) is 0. The van der Waals surface area contributed by atoms with Crippen LogP contribution in [0, 0.1) is 10.1 Å². The lowest BCUT2D eigenvalue weighted by atomic mass is 10.4. The molecule has 8 nitrogen and oxygen atoms in total. The fraction of sp³-hybridized carbons (Fsp3) is 0.286. The van der Waals surface area contributed by atoms with Crippen LogP contribution in [0.2, 0.25) is 0 Å². The Balaban J connectivity index is 0.000000224. The lowest BCUT2D eigenvalue weighted by Gasteiger charge is -2.10. The minimum atomic E-state index is -0.514. The standard InChI is InChI=1S/C7H9N3O2.C7H11N3/c1-9(2)6-3-4-7(8-5-6)10(11)12;1-10(2)6-3-4-7(8)9-5-6/h3-5H,1-2H3;3-5H,1-2H3,(H2,8,9). The highest BCUT2D eigenvalue weighted by Crippen LogP contribution is 2.13. The third-order valence-electron chi connectivity index (χ3n) is 2.72. The van der Waals surface area contributed by atoms with Crippen molar-refractivity contribution in [3.8, 4) is 0 Å². The van der Waals surface area contributed by atoms with Crippen molar-refractivity contribution in [1.29, 1.82) is 0 Å². The van der Waals surface area contributed by atoms with Crippen molar-refractivity contribution in [3.05, 3.63) is 46.8 Å². The first-order valence-electron chi connectivity index (χ1n) is 6.48. The van der Waals surface area contributed by atoms with Crippen LogP contribution in [0.15, 0.2) is 36.7 Å². The van der Waals surface area contributed by atoms with E-state index >= 15 is 0 Å². The summed E-state index contributed by atoms with van der Waals surface area (Å²) in [6.07, 6.45) is 3.22. The fourth-order valence-corrected chi connectivity index (χ4v) is 1.41. The van der Waals surface area contributed by atoms with Crippen LogP contribution in [-0.4, -0.2) is 43.1 Å². The lowest BCUT2D eigenvalue weighted by molar-refractivity contribution is -0.389. The second-order valence-corrected chi connectivity index (χ2v) is 4.86. The Morgan fingerprint density at radius 3 is 1.77 bits per heavy atom. The van der Waals surface area contributed by atoms with Crippen LogP contribution in [0.3, 0.4) is 0 Å². The Hall–Kier alpha value is -2.90. The summed E-state index contributed by atoms with van der Waals surface area (Å²) in [6, 6.07) is 6.76. The quantitative estimate of drug-likeness (QED) is 0.681. The van der Waals surface area contributed by atoms with Crippen molar-refractivity contribution in [2.75, 3.05) is 43.7 Å². The predicted octanol–water partition coefficient (Wildman–Crippen LogP) is 1.79. The summed E-state index contributed by atoms with van der Waals surface area (Å²) in [5.41, 5.74) is 7.31. The van der Waals surface area contributed by atoms with Gasteiger partial charge in [-0.2, -0.15) is 0 Å².